The number of anilines is 2. The van der Waals surface area contributed by atoms with E-state index in [4.69, 9.17) is 5.73 Å². The molecular formula is C16H19N3O. The van der Waals surface area contributed by atoms with Crippen molar-refractivity contribution in [2.24, 2.45) is 0 Å². The Morgan fingerprint density at radius 2 is 1.95 bits per heavy atom. The summed E-state index contributed by atoms with van der Waals surface area (Å²) >= 11 is 0. The Hall–Kier alpha value is -2.36. The molecule has 104 valence electrons. The van der Waals surface area contributed by atoms with Crippen LogP contribution < -0.4 is 11.1 Å². The Balaban J connectivity index is 2.09. The van der Waals surface area contributed by atoms with E-state index < -0.39 is 0 Å². The van der Waals surface area contributed by atoms with Crippen molar-refractivity contribution in [2.75, 3.05) is 11.1 Å². The number of benzene rings is 1. The Kier molecular flexibility index (Phi) is 4.03. The number of hydrogen-bond donors (Lipinski definition) is 2. The number of rotatable bonds is 3. The number of carbonyl (C=O) groups excluding carboxylic acids is 1. The van der Waals surface area contributed by atoms with Crippen LogP contribution in [-0.2, 0) is 11.2 Å². The highest BCUT2D eigenvalue weighted by Gasteiger charge is 2.08. The molecule has 4 nitrogen and oxygen atoms in total. The van der Waals surface area contributed by atoms with Crippen molar-refractivity contribution in [1.29, 1.82) is 0 Å². The number of nitrogens with two attached hydrogens (primary N) is 1. The molecule has 0 aliphatic rings. The fourth-order valence-electron chi connectivity index (χ4n) is 1.99. The second-order valence-corrected chi connectivity index (χ2v) is 5.08. The predicted octanol–water partition coefficient (Wildman–Crippen LogP) is 2.77. The normalized spacial score (nSPS) is 10.3. The Morgan fingerprint density at radius 1 is 1.20 bits per heavy atom. The van der Waals surface area contributed by atoms with Crippen molar-refractivity contribution >= 4 is 17.4 Å². The molecule has 0 spiro atoms. The molecule has 1 aromatic heterocycles. The number of aryl methyl sites for hydroxylation is 3. The third-order valence-electron chi connectivity index (χ3n) is 3.27. The molecule has 3 N–H and O–H groups in total. The van der Waals surface area contributed by atoms with Crippen LogP contribution in [0.5, 0.6) is 0 Å². The zero-order valence-electron chi connectivity index (χ0n) is 12.0. The van der Waals surface area contributed by atoms with Crippen LogP contribution in [0.3, 0.4) is 0 Å². The second-order valence-electron chi connectivity index (χ2n) is 5.08. The number of aromatic nitrogens is 1. The Morgan fingerprint density at radius 3 is 2.65 bits per heavy atom. The van der Waals surface area contributed by atoms with Gasteiger partial charge in [-0.15, -0.1) is 0 Å². The molecule has 0 saturated heterocycles. The number of nitrogen functional groups attached to an aromatic ring is 1. The van der Waals surface area contributed by atoms with Crippen LogP contribution in [0.1, 0.15) is 22.3 Å². The van der Waals surface area contributed by atoms with Crippen molar-refractivity contribution in [2.45, 2.75) is 27.2 Å². The zero-order valence-corrected chi connectivity index (χ0v) is 12.0. The van der Waals surface area contributed by atoms with E-state index in [1.54, 1.807) is 12.3 Å². The van der Waals surface area contributed by atoms with Crippen LogP contribution >= 0.6 is 0 Å². The molecule has 2 rings (SSSR count). The molecular weight excluding hydrogens is 250 g/mol. The molecule has 0 unspecified atom stereocenters. The zero-order chi connectivity index (χ0) is 14.7. The molecule has 0 aliphatic heterocycles. The summed E-state index contributed by atoms with van der Waals surface area (Å²) in [4.78, 5) is 16.2. The quantitative estimate of drug-likeness (QED) is 0.900. The average molecular weight is 269 g/mol. The minimum absolute atomic E-state index is 0.0737. The minimum Gasteiger partial charge on any atom is -0.397 e. The van der Waals surface area contributed by atoms with Crippen LogP contribution in [0, 0.1) is 20.8 Å². The lowest BCUT2D eigenvalue weighted by molar-refractivity contribution is -0.115. The Labute approximate surface area is 119 Å². The monoisotopic (exact) mass is 269 g/mol. The standard InChI is InChI=1S/C16H19N3O/c1-10-4-5-11(2)13(6-10)8-16(20)19-15-7-12(3)14(17)9-18-15/h4-7,9H,8,17H2,1-3H3,(H,18,19,20). The average Bonchev–Trinajstić information content (AvgIpc) is 2.38. The van der Waals surface area contributed by atoms with Crippen LogP contribution in [0.4, 0.5) is 11.5 Å². The maximum atomic E-state index is 12.1. The summed E-state index contributed by atoms with van der Waals surface area (Å²) < 4.78 is 0. The molecule has 1 aromatic carbocycles. The predicted molar refractivity (Wildman–Crippen MR) is 81.6 cm³/mol. The molecule has 0 saturated carbocycles. The van der Waals surface area contributed by atoms with Gasteiger partial charge in [-0.3, -0.25) is 4.79 Å². The summed E-state index contributed by atoms with van der Waals surface area (Å²) in [6.45, 7) is 5.91. The van der Waals surface area contributed by atoms with E-state index in [2.05, 4.69) is 10.3 Å². The molecule has 0 atom stereocenters. The maximum Gasteiger partial charge on any atom is 0.229 e. The fraction of sp³-hybridized carbons (Fsp3) is 0.250. The van der Waals surface area contributed by atoms with Gasteiger partial charge in [0.25, 0.3) is 0 Å². The SMILES string of the molecule is Cc1ccc(C)c(CC(=O)Nc2cc(C)c(N)cn2)c1. The van der Waals surface area contributed by atoms with Crippen molar-refractivity contribution in [3.8, 4) is 0 Å². The second kappa shape index (κ2) is 5.74. The Bertz CT molecular complexity index is 650. The van der Waals surface area contributed by atoms with E-state index in [0.29, 0.717) is 17.9 Å². The van der Waals surface area contributed by atoms with E-state index in [1.807, 2.05) is 39.0 Å². The fourth-order valence-corrected chi connectivity index (χ4v) is 1.99. The molecule has 4 heteroatoms. The highest BCUT2D eigenvalue weighted by Crippen LogP contribution is 2.15. The summed E-state index contributed by atoms with van der Waals surface area (Å²) in [7, 11) is 0. The topological polar surface area (TPSA) is 68.0 Å². The van der Waals surface area contributed by atoms with Gasteiger partial charge in [0.15, 0.2) is 0 Å². The van der Waals surface area contributed by atoms with Gasteiger partial charge in [-0.1, -0.05) is 23.8 Å². The van der Waals surface area contributed by atoms with Crippen molar-refractivity contribution < 1.29 is 4.79 Å². The number of nitrogens with one attached hydrogen (secondary N) is 1. The number of amides is 1. The van der Waals surface area contributed by atoms with Crippen LogP contribution in [0.25, 0.3) is 0 Å². The third kappa shape index (κ3) is 3.35. The molecule has 20 heavy (non-hydrogen) atoms. The molecule has 2 aromatic rings. The largest absolute Gasteiger partial charge is 0.397 e. The summed E-state index contributed by atoms with van der Waals surface area (Å²) in [6.07, 6.45) is 1.90. The first kappa shape index (κ1) is 14.1. The van der Waals surface area contributed by atoms with E-state index in [9.17, 15) is 4.79 Å². The van der Waals surface area contributed by atoms with Crippen molar-refractivity contribution in [3.05, 3.63) is 52.7 Å². The van der Waals surface area contributed by atoms with Gasteiger partial charge in [-0.2, -0.15) is 0 Å². The van der Waals surface area contributed by atoms with E-state index in [0.717, 1.165) is 22.3 Å². The number of pyridine rings is 1. The van der Waals surface area contributed by atoms with Gasteiger partial charge in [0.2, 0.25) is 5.91 Å². The van der Waals surface area contributed by atoms with E-state index in [1.165, 1.54) is 0 Å². The highest BCUT2D eigenvalue weighted by atomic mass is 16.1. The van der Waals surface area contributed by atoms with Crippen molar-refractivity contribution in [1.82, 2.24) is 4.98 Å². The molecule has 0 bridgehead atoms. The molecule has 1 heterocycles. The van der Waals surface area contributed by atoms with E-state index >= 15 is 0 Å². The van der Waals surface area contributed by atoms with E-state index in [-0.39, 0.29) is 5.91 Å². The van der Waals surface area contributed by atoms with Crippen LogP contribution in [0.2, 0.25) is 0 Å². The van der Waals surface area contributed by atoms with Crippen LogP contribution in [-0.4, -0.2) is 10.9 Å². The minimum atomic E-state index is -0.0737. The van der Waals surface area contributed by atoms with Gasteiger partial charge in [0.1, 0.15) is 5.82 Å². The van der Waals surface area contributed by atoms with Gasteiger partial charge in [-0.25, -0.2) is 4.98 Å². The lowest BCUT2D eigenvalue weighted by Crippen LogP contribution is -2.16. The highest BCUT2D eigenvalue weighted by molar-refractivity contribution is 5.91. The first-order valence-electron chi connectivity index (χ1n) is 6.54. The van der Waals surface area contributed by atoms with Gasteiger partial charge < -0.3 is 11.1 Å². The van der Waals surface area contributed by atoms with Crippen LogP contribution in [0.15, 0.2) is 30.5 Å². The summed E-state index contributed by atoms with van der Waals surface area (Å²) in [5.41, 5.74) is 10.5. The first-order valence-corrected chi connectivity index (χ1v) is 6.54. The lowest BCUT2D eigenvalue weighted by atomic mass is 10.0. The van der Waals surface area contributed by atoms with Gasteiger partial charge in [0, 0.05) is 0 Å². The third-order valence-corrected chi connectivity index (χ3v) is 3.27. The number of nitrogens with zero attached hydrogens (tertiary/aromatic N) is 1. The summed E-state index contributed by atoms with van der Waals surface area (Å²) in [5, 5.41) is 2.80. The molecule has 0 radical (unpaired) electrons. The molecule has 0 fully saturated rings. The van der Waals surface area contributed by atoms with Gasteiger partial charge in [-0.05, 0) is 43.5 Å². The lowest BCUT2D eigenvalue weighted by Gasteiger charge is -2.09. The number of carbonyl (C=O) groups is 1. The summed E-state index contributed by atoms with van der Waals surface area (Å²) in [5.74, 6) is 0.461. The first-order chi connectivity index (χ1) is 9.45. The van der Waals surface area contributed by atoms with Gasteiger partial charge in [0.05, 0.1) is 18.3 Å². The smallest absolute Gasteiger partial charge is 0.229 e. The molecule has 1 amide bonds. The maximum absolute atomic E-state index is 12.1. The molecule has 0 aliphatic carbocycles. The summed E-state index contributed by atoms with van der Waals surface area (Å²) in [6, 6.07) is 7.89. The van der Waals surface area contributed by atoms with Gasteiger partial charge >= 0.3 is 0 Å². The number of hydrogen-bond acceptors (Lipinski definition) is 3. The van der Waals surface area contributed by atoms with Crippen molar-refractivity contribution in [3.63, 3.8) is 0 Å².